The van der Waals surface area contributed by atoms with Crippen molar-refractivity contribution >= 4 is 17.9 Å². The maximum absolute atomic E-state index is 13.8. The summed E-state index contributed by atoms with van der Waals surface area (Å²) >= 11 is 6.03. The number of hydrogen-bond acceptors (Lipinski definition) is 1. The topological polar surface area (TPSA) is 17.1 Å². The van der Waals surface area contributed by atoms with Crippen molar-refractivity contribution in [3.63, 3.8) is 0 Å². The van der Waals surface area contributed by atoms with Crippen molar-refractivity contribution in [1.29, 1.82) is 0 Å². The van der Waals surface area contributed by atoms with Crippen LogP contribution in [0.1, 0.15) is 37.7 Å². The van der Waals surface area contributed by atoms with Crippen molar-refractivity contribution in [1.82, 2.24) is 0 Å². The number of hydrogen-bond donors (Lipinski definition) is 0. The van der Waals surface area contributed by atoms with Crippen molar-refractivity contribution in [2.45, 2.75) is 37.5 Å². The molecule has 0 aliphatic heterocycles. The van der Waals surface area contributed by atoms with Gasteiger partial charge < -0.3 is 4.79 Å². The van der Waals surface area contributed by atoms with Crippen LogP contribution in [0.15, 0.2) is 18.2 Å². The standard InChI is InChI=1S/C13H14ClFO/c14-10-5-4-6-11(15)12(10)13(9-16)7-2-1-3-8-13/h4-6,9H,1-3,7-8H2. The maximum atomic E-state index is 13.8. The van der Waals surface area contributed by atoms with Gasteiger partial charge in [0.05, 0.1) is 5.41 Å². The third-order valence-corrected chi connectivity index (χ3v) is 3.75. The lowest BCUT2D eigenvalue weighted by Gasteiger charge is -2.33. The van der Waals surface area contributed by atoms with E-state index >= 15 is 0 Å². The number of halogens is 2. The van der Waals surface area contributed by atoms with Crippen molar-refractivity contribution in [2.24, 2.45) is 0 Å². The minimum absolute atomic E-state index is 0.360. The predicted octanol–water partition coefficient (Wildman–Crippen LogP) is 3.88. The Bertz CT molecular complexity index is 377. The summed E-state index contributed by atoms with van der Waals surface area (Å²) in [4.78, 5) is 11.4. The van der Waals surface area contributed by atoms with Crippen LogP contribution in [0.4, 0.5) is 4.39 Å². The molecular weight excluding hydrogens is 227 g/mol. The molecule has 1 fully saturated rings. The fraction of sp³-hybridized carbons (Fsp3) is 0.462. The monoisotopic (exact) mass is 240 g/mol. The van der Waals surface area contributed by atoms with E-state index in [1.165, 1.54) is 6.07 Å². The van der Waals surface area contributed by atoms with E-state index in [0.29, 0.717) is 23.4 Å². The number of carbonyl (C=O) groups is 1. The van der Waals surface area contributed by atoms with Gasteiger partial charge in [-0.3, -0.25) is 0 Å². The van der Waals surface area contributed by atoms with Crippen molar-refractivity contribution < 1.29 is 9.18 Å². The van der Waals surface area contributed by atoms with Crippen LogP contribution in [-0.2, 0) is 10.2 Å². The summed E-state index contributed by atoms with van der Waals surface area (Å²) in [7, 11) is 0. The van der Waals surface area contributed by atoms with Gasteiger partial charge in [-0.05, 0) is 25.0 Å². The highest BCUT2D eigenvalue weighted by Gasteiger charge is 2.37. The zero-order valence-electron chi connectivity index (χ0n) is 9.01. The van der Waals surface area contributed by atoms with Crippen LogP contribution in [0.2, 0.25) is 5.02 Å². The van der Waals surface area contributed by atoms with E-state index in [1.807, 2.05) is 0 Å². The summed E-state index contributed by atoms with van der Waals surface area (Å²) in [6.45, 7) is 0. The van der Waals surface area contributed by atoms with Crippen molar-refractivity contribution in [3.05, 3.63) is 34.6 Å². The molecule has 0 amide bonds. The van der Waals surface area contributed by atoms with Gasteiger partial charge in [0, 0.05) is 10.6 Å². The quantitative estimate of drug-likeness (QED) is 0.717. The van der Waals surface area contributed by atoms with Gasteiger partial charge in [0.25, 0.3) is 0 Å². The molecule has 0 N–H and O–H groups in total. The summed E-state index contributed by atoms with van der Waals surface area (Å²) in [6, 6.07) is 4.60. The molecule has 1 aliphatic carbocycles. The molecule has 0 radical (unpaired) electrons. The Kier molecular flexibility index (Phi) is 3.29. The van der Waals surface area contributed by atoms with E-state index in [1.54, 1.807) is 12.1 Å². The molecule has 0 spiro atoms. The molecule has 1 nitrogen and oxygen atoms in total. The van der Waals surface area contributed by atoms with Crippen molar-refractivity contribution in [3.8, 4) is 0 Å². The van der Waals surface area contributed by atoms with E-state index in [0.717, 1.165) is 25.5 Å². The highest BCUT2D eigenvalue weighted by atomic mass is 35.5. The van der Waals surface area contributed by atoms with Gasteiger partial charge in [-0.25, -0.2) is 4.39 Å². The molecule has 0 saturated heterocycles. The highest BCUT2D eigenvalue weighted by molar-refractivity contribution is 6.31. The van der Waals surface area contributed by atoms with Crippen LogP contribution in [0, 0.1) is 5.82 Å². The molecule has 0 aromatic heterocycles. The first-order valence-electron chi connectivity index (χ1n) is 5.60. The van der Waals surface area contributed by atoms with E-state index in [9.17, 15) is 9.18 Å². The Morgan fingerprint density at radius 3 is 2.50 bits per heavy atom. The SMILES string of the molecule is O=CC1(c2c(F)cccc2Cl)CCCCC1. The molecule has 3 heteroatoms. The molecule has 0 heterocycles. The van der Waals surface area contributed by atoms with Crippen LogP contribution in [0.25, 0.3) is 0 Å². The Morgan fingerprint density at radius 2 is 1.94 bits per heavy atom. The zero-order chi connectivity index (χ0) is 11.6. The number of benzene rings is 1. The number of rotatable bonds is 2. The first kappa shape index (κ1) is 11.6. The minimum atomic E-state index is -0.694. The lowest BCUT2D eigenvalue weighted by atomic mass is 9.70. The first-order chi connectivity index (χ1) is 7.69. The molecule has 0 bridgehead atoms. The second kappa shape index (κ2) is 4.54. The molecule has 0 unspecified atom stereocenters. The fourth-order valence-electron chi connectivity index (χ4n) is 2.58. The Morgan fingerprint density at radius 1 is 1.25 bits per heavy atom. The van der Waals surface area contributed by atoms with E-state index in [-0.39, 0.29) is 5.82 Å². The van der Waals surface area contributed by atoms with Gasteiger partial charge in [0.15, 0.2) is 0 Å². The Labute approximate surface area is 99.6 Å². The molecule has 1 aromatic rings. The van der Waals surface area contributed by atoms with Gasteiger partial charge in [-0.2, -0.15) is 0 Å². The molecule has 2 rings (SSSR count). The largest absolute Gasteiger partial charge is 0.302 e. The second-order valence-corrected chi connectivity index (χ2v) is 4.84. The smallest absolute Gasteiger partial charge is 0.130 e. The molecule has 16 heavy (non-hydrogen) atoms. The molecule has 1 saturated carbocycles. The van der Waals surface area contributed by atoms with Crippen LogP contribution < -0.4 is 0 Å². The van der Waals surface area contributed by atoms with Gasteiger partial charge in [0.1, 0.15) is 12.1 Å². The molecular formula is C13H14ClFO. The third-order valence-electron chi connectivity index (χ3n) is 3.43. The van der Waals surface area contributed by atoms with Crippen LogP contribution in [-0.4, -0.2) is 6.29 Å². The minimum Gasteiger partial charge on any atom is -0.302 e. The van der Waals surface area contributed by atoms with Gasteiger partial charge in [-0.15, -0.1) is 0 Å². The molecule has 1 aromatic carbocycles. The first-order valence-corrected chi connectivity index (χ1v) is 5.98. The summed E-state index contributed by atoms with van der Waals surface area (Å²) in [6.07, 6.45) is 5.33. The molecule has 1 aliphatic rings. The Hall–Kier alpha value is -0.890. The lowest BCUT2D eigenvalue weighted by Crippen LogP contribution is -2.32. The summed E-state index contributed by atoms with van der Waals surface area (Å²) < 4.78 is 13.8. The third kappa shape index (κ3) is 1.86. The van der Waals surface area contributed by atoms with Crippen molar-refractivity contribution in [2.75, 3.05) is 0 Å². The van der Waals surface area contributed by atoms with Gasteiger partial charge >= 0.3 is 0 Å². The number of carbonyl (C=O) groups excluding carboxylic acids is 1. The van der Waals surface area contributed by atoms with Crippen LogP contribution in [0.5, 0.6) is 0 Å². The van der Waals surface area contributed by atoms with E-state index < -0.39 is 5.41 Å². The average Bonchev–Trinajstić information content (AvgIpc) is 2.30. The number of aldehydes is 1. The zero-order valence-corrected chi connectivity index (χ0v) is 9.77. The summed E-state index contributed by atoms with van der Waals surface area (Å²) in [5, 5.41) is 0.369. The van der Waals surface area contributed by atoms with E-state index in [4.69, 9.17) is 11.6 Å². The summed E-state index contributed by atoms with van der Waals surface area (Å²) in [5.41, 5.74) is -0.299. The van der Waals surface area contributed by atoms with E-state index in [2.05, 4.69) is 0 Å². The van der Waals surface area contributed by atoms with Crippen LogP contribution in [0.3, 0.4) is 0 Å². The average molecular weight is 241 g/mol. The Balaban J connectivity index is 2.51. The highest BCUT2D eigenvalue weighted by Crippen LogP contribution is 2.41. The lowest BCUT2D eigenvalue weighted by molar-refractivity contribution is -0.113. The predicted molar refractivity (Wildman–Crippen MR) is 62.2 cm³/mol. The molecule has 0 atom stereocenters. The van der Waals surface area contributed by atoms with Crippen LogP contribution >= 0.6 is 11.6 Å². The second-order valence-electron chi connectivity index (χ2n) is 4.43. The normalized spacial score (nSPS) is 19.4. The molecule has 86 valence electrons. The fourth-order valence-corrected chi connectivity index (χ4v) is 2.93. The maximum Gasteiger partial charge on any atom is 0.130 e. The van der Waals surface area contributed by atoms with Gasteiger partial charge in [0.2, 0.25) is 0 Å². The van der Waals surface area contributed by atoms with Gasteiger partial charge in [-0.1, -0.05) is 36.9 Å². The summed E-state index contributed by atoms with van der Waals surface area (Å²) in [5.74, 6) is -0.360.